The number of benzene rings is 2. The van der Waals surface area contributed by atoms with Crippen LogP contribution in [0.25, 0.3) is 0 Å². The van der Waals surface area contributed by atoms with E-state index in [2.05, 4.69) is 36.5 Å². The van der Waals surface area contributed by atoms with Crippen molar-refractivity contribution < 1.29 is 9.53 Å². The second-order valence-electron chi connectivity index (χ2n) is 6.83. The molecule has 25 heavy (non-hydrogen) atoms. The van der Waals surface area contributed by atoms with Gasteiger partial charge in [0, 0.05) is 13.2 Å². The smallest absolute Gasteiger partial charge is 0.230 e. The summed E-state index contributed by atoms with van der Waals surface area (Å²) in [7, 11) is 0. The van der Waals surface area contributed by atoms with Gasteiger partial charge in [-0.1, -0.05) is 67.1 Å². The van der Waals surface area contributed by atoms with Crippen molar-refractivity contribution in [1.82, 2.24) is 5.32 Å². The Morgan fingerprint density at radius 1 is 1.08 bits per heavy atom. The van der Waals surface area contributed by atoms with Crippen molar-refractivity contribution in [2.45, 2.75) is 44.1 Å². The minimum absolute atomic E-state index is 0.0826. The summed E-state index contributed by atoms with van der Waals surface area (Å²) < 4.78 is 5.87. The maximum atomic E-state index is 12.7. The summed E-state index contributed by atoms with van der Waals surface area (Å²) in [6.45, 7) is 3.37. The Balaban J connectivity index is 1.42. The van der Waals surface area contributed by atoms with Crippen LogP contribution in [0, 0.1) is 0 Å². The maximum absolute atomic E-state index is 12.7. The Labute approximate surface area is 150 Å². The normalized spacial score (nSPS) is 16.7. The van der Waals surface area contributed by atoms with Gasteiger partial charge in [0.15, 0.2) is 0 Å². The van der Waals surface area contributed by atoms with Gasteiger partial charge in [0.2, 0.25) is 5.91 Å². The molecule has 3 nitrogen and oxygen atoms in total. The van der Waals surface area contributed by atoms with Crippen molar-refractivity contribution in [3.8, 4) is 0 Å². The van der Waals surface area contributed by atoms with E-state index in [0.29, 0.717) is 13.2 Å². The quantitative estimate of drug-likeness (QED) is 0.725. The summed E-state index contributed by atoms with van der Waals surface area (Å²) in [6.07, 6.45) is 3.93. The zero-order chi connectivity index (χ0) is 17.5. The molecule has 1 fully saturated rings. The highest BCUT2D eigenvalue weighted by Gasteiger charge is 2.45. The van der Waals surface area contributed by atoms with Crippen LogP contribution in [0.2, 0.25) is 0 Å². The molecule has 0 spiro atoms. The number of amides is 1. The monoisotopic (exact) mass is 337 g/mol. The van der Waals surface area contributed by atoms with Crippen molar-refractivity contribution in [3.63, 3.8) is 0 Å². The standard InChI is InChI=1S/C22H27NO2/c1-18(19-10-4-2-5-11-19)25-17-9-16-23-21(24)22(14-8-15-22)20-12-6-3-7-13-20/h2-7,10-13,18H,8-9,14-17H2,1H3,(H,23,24). The van der Waals surface area contributed by atoms with Crippen LogP contribution in [0.5, 0.6) is 0 Å². The average molecular weight is 337 g/mol. The summed E-state index contributed by atoms with van der Waals surface area (Å²) in [4.78, 5) is 12.7. The molecule has 1 amide bonds. The van der Waals surface area contributed by atoms with Gasteiger partial charge in [-0.3, -0.25) is 4.79 Å². The first kappa shape index (κ1) is 17.7. The topological polar surface area (TPSA) is 38.3 Å². The molecule has 3 heteroatoms. The summed E-state index contributed by atoms with van der Waals surface area (Å²) in [5.74, 6) is 0.168. The maximum Gasteiger partial charge on any atom is 0.230 e. The number of ether oxygens (including phenoxy) is 1. The van der Waals surface area contributed by atoms with Crippen molar-refractivity contribution >= 4 is 5.91 Å². The molecule has 3 rings (SSSR count). The molecular formula is C22H27NO2. The van der Waals surface area contributed by atoms with Crippen LogP contribution in [-0.4, -0.2) is 19.1 Å². The van der Waals surface area contributed by atoms with Crippen LogP contribution in [0.15, 0.2) is 60.7 Å². The van der Waals surface area contributed by atoms with Crippen LogP contribution < -0.4 is 5.32 Å². The van der Waals surface area contributed by atoms with Crippen molar-refractivity contribution in [3.05, 3.63) is 71.8 Å². The molecule has 1 unspecified atom stereocenters. The molecule has 0 aromatic heterocycles. The molecule has 132 valence electrons. The number of carbonyl (C=O) groups excluding carboxylic acids is 1. The molecule has 0 bridgehead atoms. The highest BCUT2D eigenvalue weighted by Crippen LogP contribution is 2.43. The lowest BCUT2D eigenvalue weighted by atomic mass is 9.64. The van der Waals surface area contributed by atoms with Crippen LogP contribution in [0.3, 0.4) is 0 Å². The third-order valence-electron chi connectivity index (χ3n) is 5.21. The van der Waals surface area contributed by atoms with Crippen molar-refractivity contribution in [2.75, 3.05) is 13.2 Å². The van der Waals surface area contributed by atoms with Crippen molar-refractivity contribution in [1.29, 1.82) is 0 Å². The zero-order valence-corrected chi connectivity index (χ0v) is 14.9. The highest BCUT2D eigenvalue weighted by molar-refractivity contribution is 5.89. The third-order valence-corrected chi connectivity index (χ3v) is 5.21. The lowest BCUT2D eigenvalue weighted by Crippen LogP contribution is -2.49. The van der Waals surface area contributed by atoms with E-state index in [1.807, 2.05) is 36.4 Å². The number of rotatable bonds is 8. The van der Waals surface area contributed by atoms with E-state index >= 15 is 0 Å². The molecule has 1 atom stereocenters. The molecule has 0 aliphatic heterocycles. The van der Waals surface area contributed by atoms with Gasteiger partial charge in [-0.25, -0.2) is 0 Å². The third kappa shape index (κ3) is 4.10. The summed E-state index contributed by atoms with van der Waals surface area (Å²) >= 11 is 0. The van der Waals surface area contributed by atoms with E-state index in [1.165, 1.54) is 5.56 Å². The van der Waals surface area contributed by atoms with Gasteiger partial charge in [-0.2, -0.15) is 0 Å². The second-order valence-corrected chi connectivity index (χ2v) is 6.83. The molecule has 1 aliphatic rings. The highest BCUT2D eigenvalue weighted by atomic mass is 16.5. The van der Waals surface area contributed by atoms with Gasteiger partial charge in [0.25, 0.3) is 0 Å². The zero-order valence-electron chi connectivity index (χ0n) is 14.9. The van der Waals surface area contributed by atoms with E-state index in [0.717, 1.165) is 31.2 Å². The predicted molar refractivity (Wildman–Crippen MR) is 100 cm³/mol. The molecule has 0 radical (unpaired) electrons. The van der Waals surface area contributed by atoms with Crippen LogP contribution in [-0.2, 0) is 14.9 Å². The molecule has 1 N–H and O–H groups in total. The first-order chi connectivity index (χ1) is 12.2. The predicted octanol–water partition coefficient (Wildman–Crippen LogP) is 4.39. The number of hydrogen-bond acceptors (Lipinski definition) is 2. The fraction of sp³-hybridized carbons (Fsp3) is 0.409. The van der Waals surface area contributed by atoms with Crippen LogP contribution >= 0.6 is 0 Å². The summed E-state index contributed by atoms with van der Waals surface area (Å²) in [5, 5.41) is 3.12. The number of hydrogen-bond donors (Lipinski definition) is 1. The molecular weight excluding hydrogens is 310 g/mol. The van der Waals surface area contributed by atoms with Gasteiger partial charge in [0.05, 0.1) is 11.5 Å². The van der Waals surface area contributed by atoms with Gasteiger partial charge < -0.3 is 10.1 Å². The minimum Gasteiger partial charge on any atom is -0.374 e. The lowest BCUT2D eigenvalue weighted by molar-refractivity contribution is -0.130. The fourth-order valence-electron chi connectivity index (χ4n) is 3.46. The second kappa shape index (κ2) is 8.30. The van der Waals surface area contributed by atoms with E-state index < -0.39 is 0 Å². The molecule has 2 aromatic rings. The summed E-state index contributed by atoms with van der Waals surface area (Å²) in [5.41, 5.74) is 2.02. The molecule has 1 saturated carbocycles. The number of carbonyl (C=O) groups is 1. The molecule has 0 heterocycles. The van der Waals surface area contributed by atoms with Gasteiger partial charge in [0.1, 0.15) is 0 Å². The first-order valence-electron chi connectivity index (χ1n) is 9.23. The lowest BCUT2D eigenvalue weighted by Gasteiger charge is -2.40. The Hall–Kier alpha value is -2.13. The van der Waals surface area contributed by atoms with E-state index in [1.54, 1.807) is 0 Å². The van der Waals surface area contributed by atoms with E-state index in [4.69, 9.17) is 4.74 Å². The minimum atomic E-state index is -0.306. The Bertz CT molecular complexity index is 665. The largest absolute Gasteiger partial charge is 0.374 e. The van der Waals surface area contributed by atoms with Crippen LogP contribution in [0.4, 0.5) is 0 Å². The van der Waals surface area contributed by atoms with E-state index in [9.17, 15) is 4.79 Å². The van der Waals surface area contributed by atoms with Crippen molar-refractivity contribution in [2.24, 2.45) is 0 Å². The fourth-order valence-corrected chi connectivity index (χ4v) is 3.46. The Morgan fingerprint density at radius 3 is 2.32 bits per heavy atom. The average Bonchev–Trinajstić information content (AvgIpc) is 2.62. The van der Waals surface area contributed by atoms with Gasteiger partial charge in [-0.15, -0.1) is 0 Å². The SMILES string of the molecule is CC(OCCCNC(=O)C1(c2ccccc2)CCC1)c1ccccc1. The van der Waals surface area contributed by atoms with Gasteiger partial charge >= 0.3 is 0 Å². The van der Waals surface area contributed by atoms with E-state index in [-0.39, 0.29) is 17.4 Å². The molecule has 2 aromatic carbocycles. The van der Waals surface area contributed by atoms with Crippen LogP contribution in [0.1, 0.15) is 49.8 Å². The first-order valence-corrected chi connectivity index (χ1v) is 9.23. The summed E-state index contributed by atoms with van der Waals surface area (Å²) in [6, 6.07) is 20.4. The Morgan fingerprint density at radius 2 is 1.72 bits per heavy atom. The molecule has 0 saturated heterocycles. The number of nitrogens with one attached hydrogen (secondary N) is 1. The van der Waals surface area contributed by atoms with Gasteiger partial charge in [-0.05, 0) is 37.3 Å². The Kier molecular flexibility index (Phi) is 5.87. The molecule has 1 aliphatic carbocycles.